The number of halogens is 3. The van der Waals surface area contributed by atoms with Crippen LogP contribution in [0.3, 0.4) is 0 Å². The Morgan fingerprint density at radius 3 is 2.62 bits per heavy atom. The maximum Gasteiger partial charge on any atom is 0.401 e. The third kappa shape index (κ3) is 5.13. The normalized spacial score (nSPS) is 25.1. The van der Waals surface area contributed by atoms with E-state index >= 15 is 0 Å². The van der Waals surface area contributed by atoms with Crippen molar-refractivity contribution < 1.29 is 13.2 Å². The smallest absolute Gasteiger partial charge is 0.352 e. The molecular formula is C19H27F3N4. The van der Waals surface area contributed by atoms with Crippen LogP contribution in [0.15, 0.2) is 35.3 Å². The number of rotatable bonds is 4. The number of aliphatic imine (C=N–C) groups is 1. The molecule has 2 fully saturated rings. The minimum Gasteiger partial charge on any atom is -0.352 e. The maximum absolute atomic E-state index is 12.6. The van der Waals surface area contributed by atoms with E-state index in [2.05, 4.69) is 39.5 Å². The summed E-state index contributed by atoms with van der Waals surface area (Å²) in [6.45, 7) is 4.52. The molecule has 1 aromatic rings. The monoisotopic (exact) mass is 368 g/mol. The van der Waals surface area contributed by atoms with Crippen LogP contribution in [0.25, 0.3) is 0 Å². The van der Waals surface area contributed by atoms with Gasteiger partial charge < -0.3 is 10.2 Å². The van der Waals surface area contributed by atoms with Gasteiger partial charge in [-0.3, -0.25) is 9.89 Å². The van der Waals surface area contributed by atoms with Crippen molar-refractivity contribution in [1.82, 2.24) is 15.1 Å². The van der Waals surface area contributed by atoms with Gasteiger partial charge in [0.1, 0.15) is 0 Å². The van der Waals surface area contributed by atoms with Crippen molar-refractivity contribution in [2.24, 2.45) is 4.99 Å². The summed E-state index contributed by atoms with van der Waals surface area (Å²) >= 11 is 0. The van der Waals surface area contributed by atoms with Crippen molar-refractivity contribution in [2.75, 3.05) is 39.3 Å². The molecule has 0 amide bonds. The van der Waals surface area contributed by atoms with E-state index in [9.17, 15) is 13.2 Å². The number of hydrogen-bond donors (Lipinski definition) is 1. The van der Waals surface area contributed by atoms with Gasteiger partial charge in [-0.2, -0.15) is 13.2 Å². The fourth-order valence-electron chi connectivity index (χ4n) is 3.87. The van der Waals surface area contributed by atoms with Gasteiger partial charge in [-0.15, -0.1) is 0 Å². The van der Waals surface area contributed by atoms with Gasteiger partial charge in [0.15, 0.2) is 5.96 Å². The number of nitrogens with one attached hydrogen (secondary N) is 1. The molecule has 3 rings (SSSR count). The van der Waals surface area contributed by atoms with Crippen LogP contribution in [-0.4, -0.2) is 67.2 Å². The van der Waals surface area contributed by atoms with Crippen LogP contribution >= 0.6 is 0 Å². The van der Waals surface area contributed by atoms with Crippen molar-refractivity contribution in [3.8, 4) is 0 Å². The van der Waals surface area contributed by atoms with Crippen molar-refractivity contribution in [3.63, 3.8) is 0 Å². The third-order valence-electron chi connectivity index (χ3n) is 5.08. The molecule has 0 saturated carbocycles. The molecule has 2 atom stereocenters. The first-order valence-corrected chi connectivity index (χ1v) is 9.34. The summed E-state index contributed by atoms with van der Waals surface area (Å²) in [6, 6.07) is 10.5. The first-order chi connectivity index (χ1) is 12.4. The quantitative estimate of drug-likeness (QED) is 0.655. The standard InChI is InChI=1S/C19H27F3N4/c1-2-23-18(24-17-9-10-25(13-17)14-19(20,21)22)26-11-8-16(12-26)15-6-4-3-5-7-15/h3-7,16-17H,2,8-14H2,1H3,(H,23,24). The Kier molecular flexibility index (Phi) is 6.06. The van der Waals surface area contributed by atoms with Gasteiger partial charge in [-0.1, -0.05) is 30.3 Å². The number of benzene rings is 1. The van der Waals surface area contributed by atoms with E-state index in [-0.39, 0.29) is 6.04 Å². The molecule has 0 aliphatic carbocycles. The second kappa shape index (κ2) is 8.29. The lowest BCUT2D eigenvalue weighted by atomic mass is 9.99. The minimum absolute atomic E-state index is 0.0263. The van der Waals surface area contributed by atoms with E-state index in [0.29, 0.717) is 25.6 Å². The molecule has 2 heterocycles. The van der Waals surface area contributed by atoms with Crippen LogP contribution in [-0.2, 0) is 0 Å². The second-order valence-electron chi connectivity index (χ2n) is 7.12. The van der Waals surface area contributed by atoms with E-state index in [1.807, 2.05) is 13.0 Å². The molecule has 2 unspecified atom stereocenters. The summed E-state index contributed by atoms with van der Waals surface area (Å²) in [6.07, 6.45) is -2.35. The lowest BCUT2D eigenvalue weighted by Gasteiger charge is -2.25. The summed E-state index contributed by atoms with van der Waals surface area (Å²) in [5, 5.41) is 3.41. The van der Waals surface area contributed by atoms with Crippen LogP contribution in [0.1, 0.15) is 31.2 Å². The molecule has 1 N–H and O–H groups in total. The van der Waals surface area contributed by atoms with Crippen LogP contribution in [0.4, 0.5) is 13.2 Å². The predicted octanol–water partition coefficient (Wildman–Crippen LogP) is 3.08. The lowest BCUT2D eigenvalue weighted by Crippen LogP contribution is -2.46. The Balaban J connectivity index is 1.56. The molecular weight excluding hydrogens is 341 g/mol. The van der Waals surface area contributed by atoms with Crippen molar-refractivity contribution in [3.05, 3.63) is 35.9 Å². The molecule has 2 saturated heterocycles. The van der Waals surface area contributed by atoms with Crippen LogP contribution in [0.5, 0.6) is 0 Å². The number of alkyl halides is 3. The Morgan fingerprint density at radius 2 is 1.92 bits per heavy atom. The van der Waals surface area contributed by atoms with Crippen molar-refractivity contribution in [2.45, 2.75) is 37.9 Å². The summed E-state index contributed by atoms with van der Waals surface area (Å²) in [5.74, 6) is 1.31. The number of hydrogen-bond acceptors (Lipinski definition) is 2. The highest BCUT2D eigenvalue weighted by Crippen LogP contribution is 2.27. The minimum atomic E-state index is -4.13. The van der Waals surface area contributed by atoms with Crippen molar-refractivity contribution >= 4 is 5.96 Å². The largest absolute Gasteiger partial charge is 0.401 e. The number of nitrogens with zero attached hydrogens (tertiary/aromatic N) is 3. The molecule has 2 aliphatic heterocycles. The average molecular weight is 368 g/mol. The Bertz CT molecular complexity index is 603. The van der Waals surface area contributed by atoms with Gasteiger partial charge in [0.2, 0.25) is 0 Å². The molecule has 7 heteroatoms. The van der Waals surface area contributed by atoms with Gasteiger partial charge in [-0.05, 0) is 25.3 Å². The molecule has 2 aliphatic rings. The molecule has 0 bridgehead atoms. The molecule has 26 heavy (non-hydrogen) atoms. The Hall–Kier alpha value is -1.76. The van der Waals surface area contributed by atoms with E-state index in [0.717, 1.165) is 31.9 Å². The van der Waals surface area contributed by atoms with Gasteiger partial charge in [0.05, 0.1) is 6.54 Å². The molecule has 1 aromatic carbocycles. The number of guanidine groups is 1. The highest BCUT2D eigenvalue weighted by Gasteiger charge is 2.35. The fourth-order valence-corrected chi connectivity index (χ4v) is 3.87. The van der Waals surface area contributed by atoms with Gasteiger partial charge >= 0.3 is 6.18 Å². The first kappa shape index (κ1) is 19.0. The molecule has 4 nitrogen and oxygen atoms in total. The molecule has 0 aromatic heterocycles. The Morgan fingerprint density at radius 1 is 1.15 bits per heavy atom. The van der Waals surface area contributed by atoms with E-state index in [4.69, 9.17) is 0 Å². The summed E-state index contributed by atoms with van der Waals surface area (Å²) in [4.78, 5) is 8.30. The summed E-state index contributed by atoms with van der Waals surface area (Å²) in [5.41, 5.74) is 1.34. The highest BCUT2D eigenvalue weighted by molar-refractivity contribution is 5.80. The molecule has 144 valence electrons. The van der Waals surface area contributed by atoms with Crippen LogP contribution in [0.2, 0.25) is 0 Å². The predicted molar refractivity (Wildman–Crippen MR) is 97.4 cm³/mol. The summed E-state index contributed by atoms with van der Waals surface area (Å²) in [7, 11) is 0. The molecule has 0 spiro atoms. The van der Waals surface area contributed by atoms with E-state index < -0.39 is 12.7 Å². The van der Waals surface area contributed by atoms with Gasteiger partial charge in [-0.25, -0.2) is 0 Å². The van der Waals surface area contributed by atoms with E-state index in [1.165, 1.54) is 10.5 Å². The Labute approximate surface area is 153 Å². The zero-order valence-corrected chi connectivity index (χ0v) is 15.2. The molecule has 0 radical (unpaired) electrons. The van der Waals surface area contributed by atoms with Crippen LogP contribution in [0, 0.1) is 0 Å². The zero-order chi connectivity index (χ0) is 18.6. The van der Waals surface area contributed by atoms with E-state index in [1.54, 1.807) is 0 Å². The lowest BCUT2D eigenvalue weighted by molar-refractivity contribution is -0.143. The van der Waals surface area contributed by atoms with Crippen LogP contribution < -0.4 is 5.32 Å². The first-order valence-electron chi connectivity index (χ1n) is 9.34. The highest BCUT2D eigenvalue weighted by atomic mass is 19.4. The second-order valence-corrected chi connectivity index (χ2v) is 7.12. The summed E-state index contributed by atoms with van der Waals surface area (Å²) < 4.78 is 37.7. The topological polar surface area (TPSA) is 30.9 Å². The third-order valence-corrected chi connectivity index (χ3v) is 5.08. The number of likely N-dealkylation sites (tertiary alicyclic amines) is 2. The van der Waals surface area contributed by atoms with Gasteiger partial charge in [0.25, 0.3) is 0 Å². The SMILES string of the molecule is CCN=C(NC1CCN(CC(F)(F)F)C1)N1CCC(c2ccccc2)C1. The van der Waals surface area contributed by atoms with Crippen molar-refractivity contribution in [1.29, 1.82) is 0 Å². The zero-order valence-electron chi connectivity index (χ0n) is 15.2. The van der Waals surface area contributed by atoms with Gasteiger partial charge in [0, 0.05) is 44.7 Å². The fraction of sp³-hybridized carbons (Fsp3) is 0.632. The maximum atomic E-state index is 12.6. The average Bonchev–Trinajstić information content (AvgIpc) is 3.23.